The Morgan fingerprint density at radius 2 is 2.10 bits per heavy atom. The molecule has 2 heterocycles. The van der Waals surface area contributed by atoms with E-state index in [0.717, 1.165) is 25.1 Å². The highest BCUT2D eigenvalue weighted by molar-refractivity contribution is 6.42. The second-order valence-electron chi connectivity index (χ2n) is 8.70. The fraction of sp³-hybridized carbons (Fsp3) is 0.360. The van der Waals surface area contributed by atoms with Crippen LogP contribution < -0.4 is 15.4 Å². The number of nitriles is 1. The quantitative estimate of drug-likeness (QED) is 0.223. The van der Waals surface area contributed by atoms with Crippen molar-refractivity contribution in [3.05, 3.63) is 58.1 Å². The largest absolute Gasteiger partial charge is 0.573 e. The Labute approximate surface area is 232 Å². The van der Waals surface area contributed by atoms with Crippen LogP contribution in [0.2, 0.25) is 10.0 Å². The van der Waals surface area contributed by atoms with Gasteiger partial charge in [0.2, 0.25) is 11.9 Å². The van der Waals surface area contributed by atoms with Gasteiger partial charge in [-0.2, -0.15) is 10.4 Å². The van der Waals surface area contributed by atoms with Crippen LogP contribution in [-0.4, -0.2) is 65.6 Å². The highest BCUT2D eigenvalue weighted by Gasteiger charge is 2.39. The van der Waals surface area contributed by atoms with Crippen LogP contribution in [0.1, 0.15) is 25.3 Å². The number of nitrogens with zero attached hydrogens (tertiary/aromatic N) is 5. The Balaban J connectivity index is 1.72. The first-order valence-corrected chi connectivity index (χ1v) is 12.8. The lowest BCUT2D eigenvalue weighted by molar-refractivity contribution is -0.274. The number of ether oxygens (including phenoxy) is 1. The number of amides is 1. The van der Waals surface area contributed by atoms with Gasteiger partial charge in [-0.25, -0.2) is 10.0 Å². The van der Waals surface area contributed by atoms with Crippen LogP contribution in [0.4, 0.5) is 18.9 Å². The molecule has 2 N–H and O–H groups in total. The highest BCUT2D eigenvalue weighted by Crippen LogP contribution is 2.29. The van der Waals surface area contributed by atoms with Gasteiger partial charge in [0, 0.05) is 18.2 Å². The fourth-order valence-electron chi connectivity index (χ4n) is 4.47. The van der Waals surface area contributed by atoms with E-state index in [-0.39, 0.29) is 30.1 Å². The number of halogens is 5. The third-order valence-corrected chi connectivity index (χ3v) is 6.90. The minimum absolute atomic E-state index is 0.0517. The fourth-order valence-corrected chi connectivity index (χ4v) is 4.77. The molecule has 39 heavy (non-hydrogen) atoms. The summed E-state index contributed by atoms with van der Waals surface area (Å²) in [5, 5.41) is 21.8. The minimum Gasteiger partial charge on any atom is -0.406 e. The molecule has 2 aromatic carbocycles. The zero-order valence-electron chi connectivity index (χ0n) is 20.7. The van der Waals surface area contributed by atoms with E-state index in [1.54, 1.807) is 29.3 Å². The zero-order valence-corrected chi connectivity index (χ0v) is 22.2. The summed E-state index contributed by atoms with van der Waals surface area (Å²) in [4.78, 5) is 19.5. The van der Waals surface area contributed by atoms with Gasteiger partial charge in [0.25, 0.3) is 0 Å². The predicted octanol–water partition coefficient (Wildman–Crippen LogP) is 4.64. The first kappa shape index (κ1) is 28.5. The molecule has 0 bridgehead atoms. The number of likely N-dealkylation sites (N-methyl/N-ethyl adjacent to an activating group) is 1. The Kier molecular flexibility index (Phi) is 8.84. The summed E-state index contributed by atoms with van der Waals surface area (Å²) in [6.45, 7) is 3.11. The van der Waals surface area contributed by atoms with Crippen molar-refractivity contribution >= 4 is 46.5 Å². The third kappa shape index (κ3) is 6.92. The van der Waals surface area contributed by atoms with Crippen molar-refractivity contribution in [2.24, 2.45) is 10.1 Å². The molecule has 2 atom stereocenters. The maximum Gasteiger partial charge on any atom is 0.573 e. The molecule has 1 fully saturated rings. The standard InChI is InChI=1S/C25H24Cl2F3N7O2/c1-2-36(23(38)20-7-4-10-32-20)21-13-37(35-22(21)15-8-9-18(26)19(27)11-15)24(33-14-31)34-16-5-3-6-17(12-16)39-25(28,29)30/h3,5-6,8-9,11-12,20-21,32H,2,4,7,10,13H2,1H3,(H,33,34)/t20-,21+/m1/s1. The molecule has 9 nitrogen and oxygen atoms in total. The van der Waals surface area contributed by atoms with Crippen LogP contribution in [0, 0.1) is 11.5 Å². The van der Waals surface area contributed by atoms with Crippen molar-refractivity contribution in [2.45, 2.75) is 38.2 Å². The Morgan fingerprint density at radius 3 is 2.74 bits per heavy atom. The van der Waals surface area contributed by atoms with E-state index in [0.29, 0.717) is 34.3 Å². The van der Waals surface area contributed by atoms with E-state index in [1.165, 1.54) is 17.1 Å². The van der Waals surface area contributed by atoms with Crippen LogP contribution in [-0.2, 0) is 4.79 Å². The van der Waals surface area contributed by atoms with Crippen molar-refractivity contribution in [1.82, 2.24) is 20.5 Å². The highest BCUT2D eigenvalue weighted by atomic mass is 35.5. The molecule has 2 aromatic rings. The van der Waals surface area contributed by atoms with Crippen LogP contribution in [0.5, 0.6) is 5.75 Å². The topological polar surface area (TPSA) is 105 Å². The number of hydrazone groups is 1. The maximum absolute atomic E-state index is 13.4. The van der Waals surface area contributed by atoms with Crippen LogP contribution in [0.3, 0.4) is 0 Å². The van der Waals surface area contributed by atoms with Gasteiger partial charge in [-0.1, -0.05) is 35.3 Å². The van der Waals surface area contributed by atoms with Crippen LogP contribution in [0.15, 0.2) is 52.6 Å². The second kappa shape index (κ2) is 12.1. The summed E-state index contributed by atoms with van der Waals surface area (Å²) in [5.41, 5.74) is 1.19. The van der Waals surface area contributed by atoms with Gasteiger partial charge in [0.05, 0.1) is 40.1 Å². The van der Waals surface area contributed by atoms with Crippen molar-refractivity contribution in [3.8, 4) is 11.9 Å². The van der Waals surface area contributed by atoms with Gasteiger partial charge >= 0.3 is 6.36 Å². The van der Waals surface area contributed by atoms with Crippen molar-refractivity contribution < 1.29 is 22.7 Å². The number of guanidine groups is 1. The number of carbonyl (C=O) groups excluding carboxylic acids is 1. The monoisotopic (exact) mass is 581 g/mol. The lowest BCUT2D eigenvalue weighted by Gasteiger charge is -2.31. The van der Waals surface area contributed by atoms with Crippen LogP contribution >= 0.6 is 23.2 Å². The van der Waals surface area contributed by atoms with Crippen molar-refractivity contribution in [3.63, 3.8) is 0 Å². The summed E-state index contributed by atoms with van der Waals surface area (Å²) in [6.07, 6.45) is -1.49. The van der Waals surface area contributed by atoms with Crippen molar-refractivity contribution in [1.29, 1.82) is 5.26 Å². The average molecular weight is 582 g/mol. The maximum atomic E-state index is 13.4. The SMILES string of the molecule is CCN(C(=O)[C@H]1CCCN1)[C@H]1CN(C(=Nc2cccc(OC(F)(F)F)c2)NC#N)N=C1c1ccc(Cl)c(Cl)c1. The van der Waals surface area contributed by atoms with Crippen LogP contribution in [0.25, 0.3) is 0 Å². The third-order valence-electron chi connectivity index (χ3n) is 6.16. The van der Waals surface area contributed by atoms with Gasteiger partial charge in [0.15, 0.2) is 6.19 Å². The molecule has 1 amide bonds. The van der Waals surface area contributed by atoms with E-state index < -0.39 is 18.2 Å². The minimum atomic E-state index is -4.87. The molecular formula is C25H24Cl2F3N7O2. The van der Waals surface area contributed by atoms with Gasteiger partial charge in [-0.15, -0.1) is 13.2 Å². The molecule has 0 aliphatic carbocycles. The molecule has 4 rings (SSSR count). The number of aliphatic imine (C=N–C) groups is 1. The molecule has 0 unspecified atom stereocenters. The number of nitrogens with one attached hydrogen (secondary N) is 2. The van der Waals surface area contributed by atoms with E-state index in [4.69, 9.17) is 23.2 Å². The van der Waals surface area contributed by atoms with E-state index in [1.807, 2.05) is 6.92 Å². The predicted molar refractivity (Wildman–Crippen MR) is 141 cm³/mol. The Morgan fingerprint density at radius 1 is 1.31 bits per heavy atom. The zero-order chi connectivity index (χ0) is 28.2. The number of benzene rings is 2. The number of rotatable bonds is 6. The molecule has 2 aliphatic rings. The summed E-state index contributed by atoms with van der Waals surface area (Å²) in [5.74, 6) is -0.603. The number of alkyl halides is 3. The number of hydrogen-bond donors (Lipinski definition) is 2. The van der Waals surface area contributed by atoms with Gasteiger partial charge in [-0.05, 0) is 50.6 Å². The van der Waals surface area contributed by atoms with Crippen molar-refractivity contribution in [2.75, 3.05) is 19.6 Å². The first-order valence-electron chi connectivity index (χ1n) is 12.0. The Bertz CT molecular complexity index is 1320. The molecule has 206 valence electrons. The molecule has 0 spiro atoms. The lowest BCUT2D eigenvalue weighted by Crippen LogP contribution is -2.53. The molecule has 0 radical (unpaired) electrons. The summed E-state index contributed by atoms with van der Waals surface area (Å²) in [6, 6.07) is 9.12. The normalized spacial score (nSPS) is 19.5. The van der Waals surface area contributed by atoms with E-state index in [9.17, 15) is 23.2 Å². The summed E-state index contributed by atoms with van der Waals surface area (Å²) >= 11 is 12.4. The van der Waals surface area contributed by atoms with Gasteiger partial charge in [-0.3, -0.25) is 10.1 Å². The number of hydrogen-bond acceptors (Lipinski definition) is 6. The van der Waals surface area contributed by atoms with Gasteiger partial charge in [0.1, 0.15) is 5.75 Å². The molecule has 0 saturated carbocycles. The van der Waals surface area contributed by atoms with E-state index >= 15 is 0 Å². The number of carbonyl (C=O) groups is 1. The smallest absolute Gasteiger partial charge is 0.406 e. The first-order chi connectivity index (χ1) is 18.6. The summed E-state index contributed by atoms with van der Waals surface area (Å²) in [7, 11) is 0. The van der Waals surface area contributed by atoms with E-state index in [2.05, 4.69) is 25.5 Å². The molecule has 2 aliphatic heterocycles. The molecular weight excluding hydrogens is 558 g/mol. The average Bonchev–Trinajstić information content (AvgIpc) is 3.56. The van der Waals surface area contributed by atoms with Gasteiger partial charge < -0.3 is 15.0 Å². The molecule has 14 heteroatoms. The Hall–Kier alpha value is -3.53. The lowest BCUT2D eigenvalue weighted by atomic mass is 10.0. The second-order valence-corrected chi connectivity index (χ2v) is 9.52. The molecule has 1 saturated heterocycles. The summed E-state index contributed by atoms with van der Waals surface area (Å²) < 4.78 is 42.1. The molecule has 0 aromatic heterocycles.